The molecule has 2 aliphatic rings. The van der Waals surface area contributed by atoms with Gasteiger partial charge in [0.2, 0.25) is 0 Å². The SMILES string of the molecule is O=C(OCCCOC(=O)c1cccnc1N1CCCC1)c1cccnc1N1CCCC1. The Morgan fingerprint density at radius 3 is 1.58 bits per heavy atom. The van der Waals surface area contributed by atoms with Gasteiger partial charge in [-0.1, -0.05) is 0 Å². The Bertz CT molecular complexity index is 834. The highest BCUT2D eigenvalue weighted by Crippen LogP contribution is 2.23. The van der Waals surface area contributed by atoms with Crippen LogP contribution in [-0.2, 0) is 9.47 Å². The van der Waals surface area contributed by atoms with Crippen molar-refractivity contribution in [3.63, 3.8) is 0 Å². The molecule has 0 bridgehead atoms. The van der Waals surface area contributed by atoms with Crippen molar-refractivity contribution in [3.8, 4) is 0 Å². The molecule has 4 heterocycles. The van der Waals surface area contributed by atoms with Crippen LogP contribution in [-0.4, -0.2) is 61.3 Å². The third-order valence-electron chi connectivity index (χ3n) is 5.58. The molecule has 2 aromatic heterocycles. The summed E-state index contributed by atoms with van der Waals surface area (Å²) in [6.45, 7) is 3.96. The molecule has 2 saturated heterocycles. The van der Waals surface area contributed by atoms with Gasteiger partial charge in [-0.2, -0.15) is 0 Å². The summed E-state index contributed by atoms with van der Waals surface area (Å²) in [4.78, 5) is 38.0. The third kappa shape index (κ3) is 5.13. The Hall–Kier alpha value is -3.16. The van der Waals surface area contributed by atoms with Gasteiger partial charge in [0.15, 0.2) is 0 Å². The first kappa shape index (κ1) is 21.1. The number of ether oxygens (including phenoxy) is 2. The summed E-state index contributed by atoms with van der Waals surface area (Å²) >= 11 is 0. The molecule has 8 heteroatoms. The predicted octanol–water partition coefficient (Wildman–Crippen LogP) is 3.08. The second-order valence-electron chi connectivity index (χ2n) is 7.76. The molecule has 0 N–H and O–H groups in total. The van der Waals surface area contributed by atoms with Crippen LogP contribution in [0.25, 0.3) is 0 Å². The van der Waals surface area contributed by atoms with Crippen LogP contribution in [0.2, 0.25) is 0 Å². The first-order valence-electron chi connectivity index (χ1n) is 11.0. The van der Waals surface area contributed by atoms with Crippen molar-refractivity contribution in [3.05, 3.63) is 47.8 Å². The van der Waals surface area contributed by atoms with Crippen molar-refractivity contribution in [2.75, 3.05) is 49.2 Å². The van der Waals surface area contributed by atoms with Crippen molar-refractivity contribution in [2.45, 2.75) is 32.1 Å². The second-order valence-corrected chi connectivity index (χ2v) is 7.76. The quantitative estimate of drug-likeness (QED) is 0.472. The number of aromatic nitrogens is 2. The molecular formula is C23H28N4O4. The summed E-state index contributed by atoms with van der Waals surface area (Å²) in [6.07, 6.45) is 8.23. The highest BCUT2D eigenvalue weighted by atomic mass is 16.5. The molecule has 0 radical (unpaired) electrons. The minimum absolute atomic E-state index is 0.173. The van der Waals surface area contributed by atoms with Gasteiger partial charge < -0.3 is 19.3 Å². The summed E-state index contributed by atoms with van der Waals surface area (Å²) in [5, 5.41) is 0. The summed E-state index contributed by atoms with van der Waals surface area (Å²) in [5.41, 5.74) is 0.957. The summed E-state index contributed by atoms with van der Waals surface area (Å²) in [5.74, 6) is 0.569. The monoisotopic (exact) mass is 424 g/mol. The Labute approximate surface area is 182 Å². The van der Waals surface area contributed by atoms with E-state index in [0.717, 1.165) is 51.9 Å². The van der Waals surface area contributed by atoms with Crippen LogP contribution in [0.15, 0.2) is 36.7 Å². The zero-order chi connectivity index (χ0) is 21.5. The molecule has 0 amide bonds. The van der Waals surface area contributed by atoms with Crippen molar-refractivity contribution in [2.24, 2.45) is 0 Å². The molecule has 164 valence electrons. The largest absolute Gasteiger partial charge is 0.462 e. The lowest BCUT2D eigenvalue weighted by atomic mass is 10.2. The molecule has 0 aliphatic carbocycles. The van der Waals surface area contributed by atoms with E-state index in [1.165, 1.54) is 0 Å². The smallest absolute Gasteiger partial charge is 0.341 e. The van der Waals surface area contributed by atoms with Gasteiger partial charge in [0.25, 0.3) is 0 Å². The van der Waals surface area contributed by atoms with E-state index in [4.69, 9.17) is 9.47 Å². The number of esters is 2. The van der Waals surface area contributed by atoms with Gasteiger partial charge >= 0.3 is 11.9 Å². The average Bonchev–Trinajstić information content (AvgIpc) is 3.53. The zero-order valence-corrected chi connectivity index (χ0v) is 17.7. The van der Waals surface area contributed by atoms with E-state index in [2.05, 4.69) is 19.8 Å². The van der Waals surface area contributed by atoms with Gasteiger partial charge in [-0.15, -0.1) is 0 Å². The molecule has 4 rings (SSSR count). The van der Waals surface area contributed by atoms with Gasteiger partial charge in [0.05, 0.1) is 13.2 Å². The highest BCUT2D eigenvalue weighted by molar-refractivity contribution is 5.95. The number of carbonyl (C=O) groups excluding carboxylic acids is 2. The van der Waals surface area contributed by atoms with Gasteiger partial charge in [0, 0.05) is 45.0 Å². The average molecular weight is 425 g/mol. The summed E-state index contributed by atoms with van der Waals surface area (Å²) in [7, 11) is 0. The predicted molar refractivity (Wildman–Crippen MR) is 117 cm³/mol. The fourth-order valence-electron chi connectivity index (χ4n) is 4.02. The maximum absolute atomic E-state index is 12.5. The lowest BCUT2D eigenvalue weighted by Gasteiger charge is -2.19. The first-order valence-corrected chi connectivity index (χ1v) is 11.0. The molecule has 8 nitrogen and oxygen atoms in total. The molecule has 2 aliphatic heterocycles. The maximum Gasteiger partial charge on any atom is 0.341 e. The third-order valence-corrected chi connectivity index (χ3v) is 5.58. The molecule has 2 fully saturated rings. The highest BCUT2D eigenvalue weighted by Gasteiger charge is 2.22. The standard InChI is InChI=1S/C23H28N4O4/c28-22(18-8-5-10-24-20(18)26-12-1-2-13-26)30-16-7-17-31-23(29)19-9-6-11-25-21(19)27-14-3-4-15-27/h5-6,8-11H,1-4,7,12-17H2. The molecule has 31 heavy (non-hydrogen) atoms. The summed E-state index contributed by atoms with van der Waals surface area (Å²) in [6, 6.07) is 6.96. The van der Waals surface area contributed by atoms with E-state index in [9.17, 15) is 9.59 Å². The van der Waals surface area contributed by atoms with Crippen molar-refractivity contribution in [1.82, 2.24) is 9.97 Å². The van der Waals surface area contributed by atoms with E-state index in [-0.39, 0.29) is 13.2 Å². The maximum atomic E-state index is 12.5. The molecule has 2 aromatic rings. The number of pyridine rings is 2. The number of rotatable bonds is 8. The minimum atomic E-state index is -0.398. The van der Waals surface area contributed by atoms with Crippen LogP contribution in [0.4, 0.5) is 11.6 Å². The second kappa shape index (κ2) is 10.2. The van der Waals surface area contributed by atoms with Crippen LogP contribution in [0.5, 0.6) is 0 Å². The Kier molecular flexibility index (Phi) is 6.96. The van der Waals surface area contributed by atoms with Gasteiger partial charge in [-0.25, -0.2) is 19.6 Å². The molecule has 0 spiro atoms. The number of hydrogen-bond acceptors (Lipinski definition) is 8. The number of nitrogens with zero attached hydrogens (tertiary/aromatic N) is 4. The Morgan fingerprint density at radius 2 is 1.16 bits per heavy atom. The number of hydrogen-bond donors (Lipinski definition) is 0. The van der Waals surface area contributed by atoms with E-state index >= 15 is 0 Å². The number of anilines is 2. The van der Waals surface area contributed by atoms with Crippen molar-refractivity contribution < 1.29 is 19.1 Å². The first-order chi connectivity index (χ1) is 15.2. The van der Waals surface area contributed by atoms with Crippen LogP contribution in [0.1, 0.15) is 52.8 Å². The van der Waals surface area contributed by atoms with Gasteiger partial charge in [-0.05, 0) is 49.9 Å². The van der Waals surface area contributed by atoms with E-state index in [1.807, 2.05) is 0 Å². The van der Waals surface area contributed by atoms with Gasteiger partial charge in [0.1, 0.15) is 22.8 Å². The van der Waals surface area contributed by atoms with E-state index < -0.39 is 11.9 Å². The lowest BCUT2D eigenvalue weighted by Crippen LogP contribution is -2.23. The fraction of sp³-hybridized carbons (Fsp3) is 0.478. The fourth-order valence-corrected chi connectivity index (χ4v) is 4.02. The van der Waals surface area contributed by atoms with Crippen molar-refractivity contribution >= 4 is 23.6 Å². The Morgan fingerprint density at radius 1 is 0.742 bits per heavy atom. The van der Waals surface area contributed by atoms with E-state index in [0.29, 0.717) is 29.2 Å². The van der Waals surface area contributed by atoms with Crippen LogP contribution in [0, 0.1) is 0 Å². The van der Waals surface area contributed by atoms with Crippen LogP contribution in [0.3, 0.4) is 0 Å². The molecular weight excluding hydrogens is 396 g/mol. The van der Waals surface area contributed by atoms with E-state index in [1.54, 1.807) is 36.7 Å². The molecule has 0 unspecified atom stereocenters. The summed E-state index contributed by atoms with van der Waals surface area (Å²) < 4.78 is 10.8. The van der Waals surface area contributed by atoms with Crippen LogP contribution >= 0.6 is 0 Å². The molecule has 0 saturated carbocycles. The number of carbonyl (C=O) groups is 2. The topological polar surface area (TPSA) is 84.9 Å². The lowest BCUT2D eigenvalue weighted by molar-refractivity contribution is 0.0396. The van der Waals surface area contributed by atoms with Gasteiger partial charge in [-0.3, -0.25) is 0 Å². The minimum Gasteiger partial charge on any atom is -0.462 e. The Balaban J connectivity index is 1.25. The normalized spacial score (nSPS) is 15.9. The van der Waals surface area contributed by atoms with Crippen LogP contribution < -0.4 is 9.80 Å². The molecule has 0 aromatic carbocycles. The van der Waals surface area contributed by atoms with Crippen molar-refractivity contribution in [1.29, 1.82) is 0 Å². The zero-order valence-electron chi connectivity index (χ0n) is 17.7. The molecule has 0 atom stereocenters.